The number of anilines is 1. The van der Waals surface area contributed by atoms with E-state index >= 15 is 0 Å². The van der Waals surface area contributed by atoms with E-state index in [1.807, 2.05) is 6.07 Å². The zero-order valence-electron chi connectivity index (χ0n) is 12.9. The highest BCUT2D eigenvalue weighted by atomic mass is 16.3. The summed E-state index contributed by atoms with van der Waals surface area (Å²) >= 11 is 0. The normalized spacial score (nSPS) is 16.5. The number of aliphatic hydroxyl groups is 1. The summed E-state index contributed by atoms with van der Waals surface area (Å²) in [5, 5.41) is 20.8. The Morgan fingerprint density at radius 1 is 1.22 bits per heavy atom. The Morgan fingerprint density at radius 3 is 2.83 bits per heavy atom. The van der Waals surface area contributed by atoms with E-state index in [1.165, 1.54) is 0 Å². The van der Waals surface area contributed by atoms with E-state index in [0.29, 0.717) is 5.92 Å². The number of H-pyrrole nitrogens is 1. The van der Waals surface area contributed by atoms with Gasteiger partial charge in [-0.2, -0.15) is 0 Å². The number of hydrogen-bond donors (Lipinski definition) is 3. The van der Waals surface area contributed by atoms with E-state index < -0.39 is 0 Å². The van der Waals surface area contributed by atoms with E-state index in [4.69, 9.17) is 5.11 Å². The molecular weight excluding hydrogens is 292 g/mol. The number of fused-ring (bicyclic) bond motifs is 3. The van der Waals surface area contributed by atoms with Crippen molar-refractivity contribution in [2.75, 3.05) is 24.6 Å². The lowest BCUT2D eigenvalue weighted by Gasteiger charge is -2.32. The molecule has 0 atom stereocenters. The third kappa shape index (κ3) is 2.49. The van der Waals surface area contributed by atoms with Crippen LogP contribution in [-0.2, 0) is 0 Å². The van der Waals surface area contributed by atoms with Gasteiger partial charge in [0.2, 0.25) is 0 Å². The van der Waals surface area contributed by atoms with Gasteiger partial charge in [0.15, 0.2) is 0 Å². The Morgan fingerprint density at radius 2 is 2.04 bits per heavy atom. The van der Waals surface area contributed by atoms with Gasteiger partial charge in [0.1, 0.15) is 23.5 Å². The molecule has 0 saturated carbocycles. The number of aromatic nitrogens is 3. The Bertz CT molecular complexity index is 837. The Labute approximate surface area is 133 Å². The van der Waals surface area contributed by atoms with Crippen molar-refractivity contribution in [3.63, 3.8) is 0 Å². The fraction of sp³-hybridized carbons (Fsp3) is 0.412. The minimum Gasteiger partial charge on any atom is -0.508 e. The van der Waals surface area contributed by atoms with Gasteiger partial charge in [-0.05, 0) is 43.4 Å². The maximum atomic E-state index is 9.81. The van der Waals surface area contributed by atoms with Crippen LogP contribution in [0.4, 0.5) is 5.82 Å². The van der Waals surface area contributed by atoms with Gasteiger partial charge in [0.05, 0.1) is 5.39 Å². The van der Waals surface area contributed by atoms with Gasteiger partial charge < -0.3 is 20.1 Å². The predicted octanol–water partition coefficient (Wildman–Crippen LogP) is 2.42. The van der Waals surface area contributed by atoms with Gasteiger partial charge in [-0.25, -0.2) is 9.97 Å². The van der Waals surface area contributed by atoms with Crippen molar-refractivity contribution < 1.29 is 10.2 Å². The smallest absolute Gasteiger partial charge is 0.143 e. The van der Waals surface area contributed by atoms with Gasteiger partial charge >= 0.3 is 0 Å². The summed E-state index contributed by atoms with van der Waals surface area (Å²) in [5.41, 5.74) is 1.75. The van der Waals surface area contributed by atoms with Gasteiger partial charge in [0.25, 0.3) is 0 Å². The van der Waals surface area contributed by atoms with Gasteiger partial charge in [-0.3, -0.25) is 0 Å². The number of benzene rings is 1. The van der Waals surface area contributed by atoms with Crippen molar-refractivity contribution in [1.82, 2.24) is 15.0 Å². The second-order valence-electron chi connectivity index (χ2n) is 6.22. The second-order valence-corrected chi connectivity index (χ2v) is 6.22. The van der Waals surface area contributed by atoms with Crippen molar-refractivity contribution >= 4 is 27.8 Å². The summed E-state index contributed by atoms with van der Waals surface area (Å²) < 4.78 is 0. The van der Waals surface area contributed by atoms with E-state index in [-0.39, 0.29) is 12.4 Å². The number of piperidine rings is 1. The predicted molar refractivity (Wildman–Crippen MR) is 89.7 cm³/mol. The van der Waals surface area contributed by atoms with E-state index in [1.54, 1.807) is 18.5 Å². The molecule has 0 aliphatic carbocycles. The number of aliphatic hydroxyl groups excluding tert-OH is 1. The van der Waals surface area contributed by atoms with Crippen LogP contribution in [0.25, 0.3) is 21.9 Å². The molecule has 0 amide bonds. The zero-order chi connectivity index (χ0) is 15.8. The molecule has 1 aromatic carbocycles. The summed E-state index contributed by atoms with van der Waals surface area (Å²) in [6.07, 6.45) is 4.61. The summed E-state index contributed by atoms with van der Waals surface area (Å²) in [7, 11) is 0. The number of hydrogen-bond acceptors (Lipinski definition) is 5. The first-order valence-electron chi connectivity index (χ1n) is 8.07. The topological polar surface area (TPSA) is 85.3 Å². The Hall–Kier alpha value is -2.34. The van der Waals surface area contributed by atoms with E-state index in [2.05, 4.69) is 19.9 Å². The molecule has 4 rings (SSSR count). The third-order valence-electron chi connectivity index (χ3n) is 4.80. The molecule has 23 heavy (non-hydrogen) atoms. The summed E-state index contributed by atoms with van der Waals surface area (Å²) in [5.74, 6) is 1.77. The number of rotatable bonds is 3. The summed E-state index contributed by atoms with van der Waals surface area (Å²) in [6, 6.07) is 5.30. The number of aromatic hydroxyl groups is 1. The highest BCUT2D eigenvalue weighted by molar-refractivity contribution is 6.11. The average Bonchev–Trinajstić information content (AvgIpc) is 2.94. The molecule has 6 heteroatoms. The zero-order valence-corrected chi connectivity index (χ0v) is 12.9. The number of phenolic OH excluding ortho intramolecular Hbond substituents is 1. The first kappa shape index (κ1) is 14.3. The van der Waals surface area contributed by atoms with Crippen molar-refractivity contribution in [2.24, 2.45) is 5.92 Å². The monoisotopic (exact) mass is 312 g/mol. The van der Waals surface area contributed by atoms with Crippen molar-refractivity contribution in [2.45, 2.75) is 19.3 Å². The fourth-order valence-electron chi connectivity index (χ4n) is 3.55. The molecule has 1 aliphatic rings. The van der Waals surface area contributed by atoms with Crippen molar-refractivity contribution in [3.8, 4) is 5.75 Å². The molecule has 0 spiro atoms. The first-order chi connectivity index (χ1) is 11.3. The van der Waals surface area contributed by atoms with Crippen LogP contribution in [0.3, 0.4) is 0 Å². The van der Waals surface area contributed by atoms with Gasteiger partial charge in [0, 0.05) is 30.6 Å². The van der Waals surface area contributed by atoms with Crippen LogP contribution in [0.15, 0.2) is 24.5 Å². The van der Waals surface area contributed by atoms with Crippen LogP contribution in [0, 0.1) is 5.92 Å². The van der Waals surface area contributed by atoms with Crippen LogP contribution in [0.1, 0.15) is 19.3 Å². The molecule has 0 radical (unpaired) electrons. The molecule has 1 aliphatic heterocycles. The van der Waals surface area contributed by atoms with Gasteiger partial charge in [-0.15, -0.1) is 0 Å². The molecule has 6 nitrogen and oxygen atoms in total. The quantitative estimate of drug-likeness (QED) is 0.691. The number of phenols is 1. The molecule has 1 fully saturated rings. The molecule has 120 valence electrons. The molecule has 3 aromatic rings. The molecule has 3 heterocycles. The highest BCUT2D eigenvalue weighted by Gasteiger charge is 2.22. The lowest BCUT2D eigenvalue weighted by atomic mass is 9.94. The number of aromatic amines is 1. The standard InChI is InChI=1S/C17H20N4O2/c22-8-5-11-3-6-21(7-4-11)17-15-13-9-12(23)1-2-14(13)20-16(15)18-10-19-17/h1-2,9-11,22-23H,3-8H2,(H,18,19,20). The molecule has 2 aromatic heterocycles. The average molecular weight is 312 g/mol. The minimum absolute atomic E-state index is 0.245. The maximum absolute atomic E-state index is 9.81. The van der Waals surface area contributed by atoms with Crippen molar-refractivity contribution in [3.05, 3.63) is 24.5 Å². The molecule has 1 saturated heterocycles. The SMILES string of the molecule is OCCC1CCN(c2ncnc3[nH]c4ccc(O)cc4c23)CC1. The molecule has 3 N–H and O–H groups in total. The van der Waals surface area contributed by atoms with Crippen molar-refractivity contribution in [1.29, 1.82) is 0 Å². The Balaban J connectivity index is 1.75. The largest absolute Gasteiger partial charge is 0.508 e. The van der Waals surface area contributed by atoms with Crippen LogP contribution >= 0.6 is 0 Å². The molecule has 0 unspecified atom stereocenters. The van der Waals surface area contributed by atoms with Crippen LogP contribution in [0.2, 0.25) is 0 Å². The highest BCUT2D eigenvalue weighted by Crippen LogP contribution is 2.34. The van der Waals surface area contributed by atoms with Crippen LogP contribution < -0.4 is 4.90 Å². The van der Waals surface area contributed by atoms with Crippen LogP contribution in [0.5, 0.6) is 5.75 Å². The second kappa shape index (κ2) is 5.70. The molecule has 0 bridgehead atoms. The minimum atomic E-state index is 0.245. The third-order valence-corrected chi connectivity index (χ3v) is 4.80. The Kier molecular flexibility index (Phi) is 3.53. The maximum Gasteiger partial charge on any atom is 0.143 e. The van der Waals surface area contributed by atoms with E-state index in [0.717, 1.165) is 60.1 Å². The first-order valence-corrected chi connectivity index (χ1v) is 8.07. The lowest BCUT2D eigenvalue weighted by molar-refractivity contribution is 0.240. The summed E-state index contributed by atoms with van der Waals surface area (Å²) in [6.45, 7) is 2.13. The molecular formula is C17H20N4O2. The summed E-state index contributed by atoms with van der Waals surface area (Å²) in [4.78, 5) is 14.4. The fourth-order valence-corrected chi connectivity index (χ4v) is 3.55. The van der Waals surface area contributed by atoms with Crippen LogP contribution in [-0.4, -0.2) is 44.9 Å². The van der Waals surface area contributed by atoms with Gasteiger partial charge in [-0.1, -0.05) is 0 Å². The number of nitrogens with one attached hydrogen (secondary N) is 1. The number of nitrogens with zero attached hydrogens (tertiary/aromatic N) is 3. The lowest BCUT2D eigenvalue weighted by Crippen LogP contribution is -2.34. The van der Waals surface area contributed by atoms with E-state index in [9.17, 15) is 5.11 Å².